The highest BCUT2D eigenvalue weighted by molar-refractivity contribution is 9.11. The van der Waals surface area contributed by atoms with Crippen LogP contribution in [0, 0.1) is 0 Å². The lowest BCUT2D eigenvalue weighted by atomic mass is 10.2. The zero-order valence-corrected chi connectivity index (χ0v) is 11.5. The molecule has 0 heterocycles. The zero-order chi connectivity index (χ0) is 11.3. The summed E-state index contributed by atoms with van der Waals surface area (Å²) in [5.41, 5.74) is 0.854. The number of nitrogens with two attached hydrogens (primary N) is 1. The van der Waals surface area contributed by atoms with Crippen molar-refractivity contribution < 1.29 is 4.74 Å². The number of hydrazone groups is 1. The van der Waals surface area contributed by atoms with Gasteiger partial charge in [-0.3, -0.25) is 0 Å². The van der Waals surface area contributed by atoms with Gasteiger partial charge in [-0.1, -0.05) is 22.9 Å². The summed E-state index contributed by atoms with van der Waals surface area (Å²) in [6, 6.07) is 3.84. The fourth-order valence-electron chi connectivity index (χ4n) is 1.11. The number of halogens is 2. The van der Waals surface area contributed by atoms with Crippen LogP contribution in [0.3, 0.4) is 0 Å². The van der Waals surface area contributed by atoms with Crippen LogP contribution in [0.2, 0.25) is 0 Å². The van der Waals surface area contributed by atoms with Crippen LogP contribution < -0.4 is 10.6 Å². The van der Waals surface area contributed by atoms with Gasteiger partial charge in [-0.05, 0) is 34.5 Å². The molecule has 0 saturated carbocycles. The van der Waals surface area contributed by atoms with E-state index in [1.54, 1.807) is 6.21 Å². The van der Waals surface area contributed by atoms with Crippen LogP contribution in [0.5, 0.6) is 5.75 Å². The fraction of sp³-hybridized carbons (Fsp3) is 0.300. The van der Waals surface area contributed by atoms with Crippen LogP contribution in [0.25, 0.3) is 0 Å². The molecule has 0 unspecified atom stereocenters. The van der Waals surface area contributed by atoms with Crippen molar-refractivity contribution in [3.8, 4) is 5.75 Å². The summed E-state index contributed by atoms with van der Waals surface area (Å²) in [6.07, 6.45) is 2.53. The predicted molar refractivity (Wildman–Crippen MR) is 69.4 cm³/mol. The number of hydrogen-bond donors (Lipinski definition) is 1. The highest BCUT2D eigenvalue weighted by Gasteiger charge is 2.08. The lowest BCUT2D eigenvalue weighted by molar-refractivity contribution is 0.315. The molecule has 1 rings (SSSR count). The minimum absolute atomic E-state index is 0.672. The average Bonchev–Trinajstić information content (AvgIpc) is 2.17. The summed E-state index contributed by atoms with van der Waals surface area (Å²) in [5.74, 6) is 5.91. The molecule has 0 aliphatic carbocycles. The third kappa shape index (κ3) is 3.50. The molecule has 0 atom stereocenters. The molecule has 0 saturated heterocycles. The second-order valence-electron chi connectivity index (χ2n) is 2.93. The standard InChI is InChI=1S/C10H12Br2N2O/c1-2-3-15-10-7(6-14-13)4-8(11)5-9(10)12/h4-6H,2-3,13H2,1H3. The molecule has 82 valence electrons. The van der Waals surface area contributed by atoms with E-state index in [-0.39, 0.29) is 0 Å². The summed E-state index contributed by atoms with van der Waals surface area (Å²) >= 11 is 6.84. The van der Waals surface area contributed by atoms with Gasteiger partial charge in [0.1, 0.15) is 5.75 Å². The first kappa shape index (κ1) is 12.5. The van der Waals surface area contributed by atoms with Crippen LogP contribution in [0.1, 0.15) is 18.9 Å². The molecule has 0 bridgehead atoms. The normalized spacial score (nSPS) is 10.9. The molecule has 3 nitrogen and oxygen atoms in total. The van der Waals surface area contributed by atoms with Crippen LogP contribution >= 0.6 is 31.9 Å². The number of benzene rings is 1. The van der Waals surface area contributed by atoms with Crippen molar-refractivity contribution in [2.75, 3.05) is 6.61 Å². The first-order valence-corrected chi connectivity index (χ1v) is 6.12. The lowest BCUT2D eigenvalue weighted by Gasteiger charge is -2.10. The van der Waals surface area contributed by atoms with E-state index >= 15 is 0 Å². The monoisotopic (exact) mass is 334 g/mol. The van der Waals surface area contributed by atoms with Gasteiger partial charge in [-0.15, -0.1) is 0 Å². The van der Waals surface area contributed by atoms with E-state index in [0.717, 1.165) is 26.7 Å². The van der Waals surface area contributed by atoms with Crippen LogP contribution in [-0.2, 0) is 0 Å². The van der Waals surface area contributed by atoms with Crippen molar-refractivity contribution in [2.45, 2.75) is 13.3 Å². The molecule has 0 amide bonds. The topological polar surface area (TPSA) is 47.6 Å². The summed E-state index contributed by atoms with van der Waals surface area (Å²) in [5, 5.41) is 3.51. The first-order chi connectivity index (χ1) is 7.19. The van der Waals surface area contributed by atoms with Gasteiger partial charge in [0.05, 0.1) is 17.3 Å². The molecule has 1 aromatic carbocycles. The van der Waals surface area contributed by atoms with E-state index in [2.05, 4.69) is 43.9 Å². The summed E-state index contributed by atoms with van der Waals surface area (Å²) in [4.78, 5) is 0. The Morgan fingerprint density at radius 3 is 2.80 bits per heavy atom. The molecule has 1 aromatic rings. The Morgan fingerprint density at radius 1 is 1.47 bits per heavy atom. The second kappa shape index (κ2) is 6.12. The van der Waals surface area contributed by atoms with Gasteiger partial charge in [0, 0.05) is 10.0 Å². The van der Waals surface area contributed by atoms with Crippen molar-refractivity contribution in [2.24, 2.45) is 10.9 Å². The van der Waals surface area contributed by atoms with Crippen molar-refractivity contribution in [1.29, 1.82) is 0 Å². The Hall–Kier alpha value is -0.550. The Labute approximate surface area is 106 Å². The molecule has 0 fully saturated rings. The second-order valence-corrected chi connectivity index (χ2v) is 4.70. The fourth-order valence-corrected chi connectivity index (χ4v) is 2.49. The van der Waals surface area contributed by atoms with Crippen molar-refractivity contribution in [3.63, 3.8) is 0 Å². The molecule has 5 heteroatoms. The van der Waals surface area contributed by atoms with E-state index in [0.29, 0.717) is 6.61 Å². The van der Waals surface area contributed by atoms with Gasteiger partial charge in [-0.2, -0.15) is 5.10 Å². The van der Waals surface area contributed by atoms with Crippen LogP contribution in [0.15, 0.2) is 26.2 Å². The quantitative estimate of drug-likeness (QED) is 0.521. The highest BCUT2D eigenvalue weighted by Crippen LogP contribution is 2.32. The zero-order valence-electron chi connectivity index (χ0n) is 8.34. The number of hydrogen-bond acceptors (Lipinski definition) is 3. The van der Waals surface area contributed by atoms with Crippen molar-refractivity contribution >= 4 is 38.1 Å². The van der Waals surface area contributed by atoms with Crippen molar-refractivity contribution in [3.05, 3.63) is 26.6 Å². The van der Waals surface area contributed by atoms with Gasteiger partial charge in [0.2, 0.25) is 0 Å². The lowest BCUT2D eigenvalue weighted by Crippen LogP contribution is -2.00. The third-order valence-corrected chi connectivity index (χ3v) is 2.75. The smallest absolute Gasteiger partial charge is 0.142 e. The molecule has 15 heavy (non-hydrogen) atoms. The average molecular weight is 336 g/mol. The maximum Gasteiger partial charge on any atom is 0.142 e. The molecule has 0 aliphatic rings. The Morgan fingerprint density at radius 2 is 2.20 bits per heavy atom. The largest absolute Gasteiger partial charge is 0.492 e. The molecule has 0 aliphatic heterocycles. The molecule has 0 radical (unpaired) electrons. The molecular weight excluding hydrogens is 324 g/mol. The SMILES string of the molecule is CCCOc1c(Br)cc(Br)cc1C=NN. The number of rotatable bonds is 4. The first-order valence-electron chi connectivity index (χ1n) is 4.54. The Kier molecular flexibility index (Phi) is 5.11. The van der Waals surface area contributed by atoms with Crippen LogP contribution in [-0.4, -0.2) is 12.8 Å². The van der Waals surface area contributed by atoms with E-state index < -0.39 is 0 Å². The minimum Gasteiger partial charge on any atom is -0.492 e. The van der Waals surface area contributed by atoms with Crippen LogP contribution in [0.4, 0.5) is 0 Å². The number of nitrogens with zero attached hydrogens (tertiary/aromatic N) is 1. The van der Waals surface area contributed by atoms with Gasteiger partial charge in [-0.25, -0.2) is 0 Å². The van der Waals surface area contributed by atoms with Gasteiger partial charge in [0.25, 0.3) is 0 Å². The molecule has 0 aromatic heterocycles. The van der Waals surface area contributed by atoms with Gasteiger partial charge >= 0.3 is 0 Å². The number of ether oxygens (including phenoxy) is 1. The molecular formula is C10H12Br2N2O. The predicted octanol–water partition coefficient (Wildman–Crippen LogP) is 3.29. The maximum atomic E-state index is 5.61. The molecule has 0 spiro atoms. The van der Waals surface area contributed by atoms with E-state index in [1.807, 2.05) is 12.1 Å². The minimum atomic E-state index is 0.672. The van der Waals surface area contributed by atoms with E-state index in [4.69, 9.17) is 10.6 Å². The van der Waals surface area contributed by atoms with Crippen molar-refractivity contribution in [1.82, 2.24) is 0 Å². The highest BCUT2D eigenvalue weighted by atomic mass is 79.9. The summed E-state index contributed by atoms with van der Waals surface area (Å²) in [6.45, 7) is 2.73. The van der Waals surface area contributed by atoms with E-state index in [9.17, 15) is 0 Å². The van der Waals surface area contributed by atoms with Gasteiger partial charge in [0.15, 0.2) is 0 Å². The summed E-state index contributed by atoms with van der Waals surface area (Å²) in [7, 11) is 0. The molecule has 2 N–H and O–H groups in total. The third-order valence-electron chi connectivity index (χ3n) is 1.70. The summed E-state index contributed by atoms with van der Waals surface area (Å²) < 4.78 is 7.45. The Balaban J connectivity index is 3.08. The maximum absolute atomic E-state index is 5.61. The van der Waals surface area contributed by atoms with Gasteiger partial charge < -0.3 is 10.6 Å². The van der Waals surface area contributed by atoms with E-state index in [1.165, 1.54) is 0 Å². The Bertz CT molecular complexity index is 367.